The molecular weight excluding hydrogens is 324 g/mol. The SMILES string of the molecule is Cn1cc(CC(N)C(=O)O)c2c(N3CCCCC3)ccc([N+](=O)[O-])c21. The number of fused-ring (bicyclic) bond motifs is 1. The second-order valence-electron chi connectivity index (χ2n) is 6.55. The first-order valence-corrected chi connectivity index (χ1v) is 8.38. The lowest BCUT2D eigenvalue weighted by Gasteiger charge is -2.29. The molecule has 1 atom stereocenters. The van der Waals surface area contributed by atoms with Gasteiger partial charge in [0.1, 0.15) is 11.6 Å². The van der Waals surface area contributed by atoms with Crippen molar-refractivity contribution in [1.29, 1.82) is 0 Å². The highest BCUT2D eigenvalue weighted by molar-refractivity contribution is 6.01. The van der Waals surface area contributed by atoms with Gasteiger partial charge in [0, 0.05) is 49.9 Å². The highest BCUT2D eigenvalue weighted by Gasteiger charge is 2.26. The van der Waals surface area contributed by atoms with E-state index in [0.717, 1.165) is 42.6 Å². The van der Waals surface area contributed by atoms with Crippen LogP contribution in [0, 0.1) is 10.1 Å². The highest BCUT2D eigenvalue weighted by atomic mass is 16.6. The van der Waals surface area contributed by atoms with E-state index in [9.17, 15) is 14.9 Å². The summed E-state index contributed by atoms with van der Waals surface area (Å²) in [5, 5.41) is 21.3. The molecule has 0 aliphatic carbocycles. The molecule has 1 aromatic heterocycles. The minimum atomic E-state index is -1.08. The van der Waals surface area contributed by atoms with E-state index >= 15 is 0 Å². The van der Waals surface area contributed by atoms with Crippen molar-refractivity contribution in [2.75, 3.05) is 18.0 Å². The van der Waals surface area contributed by atoms with Gasteiger partial charge in [-0.2, -0.15) is 0 Å². The van der Waals surface area contributed by atoms with Crippen molar-refractivity contribution in [3.63, 3.8) is 0 Å². The Kier molecular flexibility index (Phi) is 4.63. The van der Waals surface area contributed by atoms with Crippen LogP contribution in [0.5, 0.6) is 0 Å². The maximum Gasteiger partial charge on any atom is 0.320 e. The molecule has 1 aliphatic heterocycles. The van der Waals surface area contributed by atoms with Gasteiger partial charge in [0.2, 0.25) is 0 Å². The summed E-state index contributed by atoms with van der Waals surface area (Å²) >= 11 is 0. The summed E-state index contributed by atoms with van der Waals surface area (Å²) in [5.41, 5.74) is 7.91. The van der Waals surface area contributed by atoms with Crippen molar-refractivity contribution in [3.05, 3.63) is 34.0 Å². The number of aromatic nitrogens is 1. The smallest absolute Gasteiger partial charge is 0.320 e. The number of benzene rings is 1. The number of aryl methyl sites for hydroxylation is 1. The second kappa shape index (κ2) is 6.72. The molecular formula is C17H22N4O4. The number of carboxylic acids is 1. The number of aliphatic carboxylic acids is 1. The lowest BCUT2D eigenvalue weighted by atomic mass is 10.0. The van der Waals surface area contributed by atoms with Crippen LogP contribution in [0.1, 0.15) is 24.8 Å². The fraction of sp³-hybridized carbons (Fsp3) is 0.471. The zero-order valence-corrected chi connectivity index (χ0v) is 14.1. The van der Waals surface area contributed by atoms with Crippen molar-refractivity contribution >= 4 is 28.2 Å². The summed E-state index contributed by atoms with van der Waals surface area (Å²) in [6.07, 6.45) is 5.23. The van der Waals surface area contributed by atoms with Crippen LogP contribution >= 0.6 is 0 Å². The molecule has 1 aliphatic rings. The predicted octanol–water partition coefficient (Wildman–Crippen LogP) is 2.03. The average molecular weight is 346 g/mol. The van der Waals surface area contributed by atoms with Crippen LogP contribution in [-0.4, -0.2) is 39.7 Å². The first-order valence-electron chi connectivity index (χ1n) is 8.38. The van der Waals surface area contributed by atoms with Gasteiger partial charge in [0.25, 0.3) is 5.69 Å². The normalized spacial score (nSPS) is 16.2. The van der Waals surface area contributed by atoms with E-state index in [0.29, 0.717) is 5.52 Å². The molecule has 0 bridgehead atoms. The van der Waals surface area contributed by atoms with Crippen molar-refractivity contribution in [2.45, 2.75) is 31.7 Å². The molecule has 0 spiro atoms. The maximum atomic E-state index is 11.5. The van der Waals surface area contributed by atoms with Crippen LogP contribution in [0.2, 0.25) is 0 Å². The molecule has 1 aromatic carbocycles. The van der Waals surface area contributed by atoms with Gasteiger partial charge in [-0.1, -0.05) is 0 Å². The van der Waals surface area contributed by atoms with Crippen molar-refractivity contribution in [1.82, 2.24) is 4.57 Å². The minimum absolute atomic E-state index is 0.0217. The standard InChI is InChI=1S/C17H22N4O4/c1-19-10-11(9-12(18)17(22)23)15-13(20-7-3-2-4-8-20)5-6-14(16(15)19)21(24)25/h5-6,10,12H,2-4,7-9,18H2,1H3,(H,22,23). The molecule has 1 fully saturated rings. The van der Waals surface area contributed by atoms with Crippen LogP contribution in [0.15, 0.2) is 18.3 Å². The molecule has 3 N–H and O–H groups in total. The van der Waals surface area contributed by atoms with Gasteiger partial charge >= 0.3 is 5.97 Å². The molecule has 8 nitrogen and oxygen atoms in total. The molecule has 1 saturated heterocycles. The van der Waals surface area contributed by atoms with Crippen molar-refractivity contribution in [2.24, 2.45) is 12.8 Å². The first-order chi connectivity index (χ1) is 11.9. The van der Waals surface area contributed by atoms with E-state index in [-0.39, 0.29) is 12.1 Å². The Hall–Kier alpha value is -2.61. The van der Waals surface area contributed by atoms with Gasteiger partial charge in [-0.15, -0.1) is 0 Å². The molecule has 2 aromatic rings. The fourth-order valence-corrected chi connectivity index (χ4v) is 3.63. The Morgan fingerprint density at radius 2 is 2.04 bits per heavy atom. The molecule has 0 saturated carbocycles. The first kappa shape index (κ1) is 17.2. The van der Waals surface area contributed by atoms with E-state index in [1.54, 1.807) is 23.9 Å². The number of nitro benzene ring substituents is 1. The van der Waals surface area contributed by atoms with Gasteiger partial charge in [-0.3, -0.25) is 14.9 Å². The van der Waals surface area contributed by atoms with Crippen LogP contribution in [-0.2, 0) is 18.3 Å². The summed E-state index contributed by atoms with van der Waals surface area (Å²) in [4.78, 5) is 24.4. The largest absolute Gasteiger partial charge is 0.480 e. The number of nitrogens with two attached hydrogens (primary N) is 1. The number of nitro groups is 1. The zero-order chi connectivity index (χ0) is 18.1. The molecule has 0 radical (unpaired) electrons. The van der Waals surface area contributed by atoms with Gasteiger partial charge in [-0.25, -0.2) is 0 Å². The number of rotatable bonds is 5. The summed E-state index contributed by atoms with van der Waals surface area (Å²) in [6.45, 7) is 1.79. The molecule has 8 heteroatoms. The predicted molar refractivity (Wildman–Crippen MR) is 95.0 cm³/mol. The van der Waals surface area contributed by atoms with Crippen LogP contribution in [0.25, 0.3) is 10.9 Å². The summed E-state index contributed by atoms with van der Waals surface area (Å²) in [6, 6.07) is 2.27. The van der Waals surface area contributed by atoms with Crippen LogP contribution in [0.3, 0.4) is 0 Å². The van der Waals surface area contributed by atoms with Gasteiger partial charge in [-0.05, 0) is 30.9 Å². The van der Waals surface area contributed by atoms with Crippen LogP contribution in [0.4, 0.5) is 11.4 Å². The number of carbonyl (C=O) groups is 1. The topological polar surface area (TPSA) is 115 Å². The molecule has 134 valence electrons. The Balaban J connectivity index is 2.19. The summed E-state index contributed by atoms with van der Waals surface area (Å²) in [5.74, 6) is -1.08. The van der Waals surface area contributed by atoms with E-state index in [2.05, 4.69) is 4.90 Å². The Morgan fingerprint density at radius 3 is 2.64 bits per heavy atom. The van der Waals surface area contributed by atoms with Crippen molar-refractivity contribution in [3.8, 4) is 0 Å². The third-order valence-corrected chi connectivity index (χ3v) is 4.81. The maximum absolute atomic E-state index is 11.5. The molecule has 25 heavy (non-hydrogen) atoms. The lowest BCUT2D eigenvalue weighted by Crippen LogP contribution is -2.32. The number of hydrogen-bond acceptors (Lipinski definition) is 5. The van der Waals surface area contributed by atoms with Gasteiger partial charge in [0.15, 0.2) is 0 Å². The third-order valence-electron chi connectivity index (χ3n) is 4.81. The summed E-state index contributed by atoms with van der Waals surface area (Å²) < 4.78 is 1.70. The number of carboxylic acid groups (broad SMARTS) is 1. The number of nitrogens with zero attached hydrogens (tertiary/aromatic N) is 3. The number of non-ortho nitro benzene ring substituents is 1. The van der Waals surface area contributed by atoms with E-state index in [1.807, 2.05) is 0 Å². The van der Waals surface area contributed by atoms with Gasteiger partial charge < -0.3 is 20.3 Å². The minimum Gasteiger partial charge on any atom is -0.480 e. The molecule has 0 amide bonds. The third kappa shape index (κ3) is 3.17. The number of piperidine rings is 1. The number of hydrogen-bond donors (Lipinski definition) is 2. The molecule has 1 unspecified atom stereocenters. The van der Waals surface area contributed by atoms with E-state index < -0.39 is 16.9 Å². The average Bonchev–Trinajstić information content (AvgIpc) is 2.91. The number of anilines is 1. The highest BCUT2D eigenvalue weighted by Crippen LogP contribution is 2.38. The van der Waals surface area contributed by atoms with E-state index in [4.69, 9.17) is 10.8 Å². The quantitative estimate of drug-likeness (QED) is 0.632. The van der Waals surface area contributed by atoms with Crippen molar-refractivity contribution < 1.29 is 14.8 Å². The molecule has 2 heterocycles. The lowest BCUT2D eigenvalue weighted by molar-refractivity contribution is -0.383. The summed E-state index contributed by atoms with van der Waals surface area (Å²) in [7, 11) is 1.74. The zero-order valence-electron chi connectivity index (χ0n) is 14.1. The Labute approximate surface area is 145 Å². The van der Waals surface area contributed by atoms with Crippen LogP contribution < -0.4 is 10.6 Å². The Bertz CT molecular complexity index is 824. The molecule has 3 rings (SSSR count). The monoisotopic (exact) mass is 346 g/mol. The van der Waals surface area contributed by atoms with Gasteiger partial charge in [0.05, 0.1) is 4.92 Å². The fourth-order valence-electron chi connectivity index (χ4n) is 3.63. The Morgan fingerprint density at radius 1 is 1.36 bits per heavy atom. The second-order valence-corrected chi connectivity index (χ2v) is 6.55. The van der Waals surface area contributed by atoms with E-state index in [1.165, 1.54) is 12.5 Å².